The van der Waals surface area contributed by atoms with Gasteiger partial charge in [0.05, 0.1) is 12.1 Å². The highest BCUT2D eigenvalue weighted by atomic mass is 16.4. The number of carbonyl (C=O) groups excluding carboxylic acids is 1. The number of H-pyrrole nitrogens is 1. The molecule has 0 saturated carbocycles. The van der Waals surface area contributed by atoms with Gasteiger partial charge in [0.25, 0.3) is 0 Å². The van der Waals surface area contributed by atoms with E-state index in [1.807, 2.05) is 20.8 Å². The van der Waals surface area contributed by atoms with Crippen LogP contribution in [-0.2, 0) is 11.3 Å². The van der Waals surface area contributed by atoms with Crippen LogP contribution in [0.15, 0.2) is 12.3 Å². The number of carboxylic acid groups (broad SMARTS) is 1. The normalized spacial score (nSPS) is 11.3. The highest BCUT2D eigenvalue weighted by Gasteiger charge is 2.14. The van der Waals surface area contributed by atoms with Gasteiger partial charge in [-0.25, -0.2) is 4.79 Å². The predicted octanol–water partition coefficient (Wildman–Crippen LogP) is 0.717. The number of carbonyl (C=O) groups is 2. The number of aromatic carboxylic acids is 1. The van der Waals surface area contributed by atoms with Gasteiger partial charge in [0.15, 0.2) is 0 Å². The zero-order valence-electron chi connectivity index (χ0n) is 10.8. The van der Waals surface area contributed by atoms with Crippen molar-refractivity contribution >= 4 is 11.9 Å². The van der Waals surface area contributed by atoms with Gasteiger partial charge in [-0.2, -0.15) is 0 Å². The maximum absolute atomic E-state index is 11.5. The Bertz CT molecular complexity index is 432. The lowest BCUT2D eigenvalue weighted by atomic mass is 10.1. The number of carboxylic acids is 1. The standard InChI is InChI=1S/C12H19N3O3/c1-12(2,3)15-10(16)7-13-6-9-8(11(17)18)4-5-14-9/h4-5,13-14H,6-7H2,1-3H3,(H,15,16)(H,17,18). The minimum absolute atomic E-state index is 0.120. The van der Waals surface area contributed by atoms with E-state index in [0.29, 0.717) is 12.2 Å². The summed E-state index contributed by atoms with van der Waals surface area (Å²) in [7, 11) is 0. The topological polar surface area (TPSA) is 94.2 Å². The van der Waals surface area contributed by atoms with E-state index in [9.17, 15) is 9.59 Å². The second-order valence-corrected chi connectivity index (χ2v) is 5.08. The molecule has 0 aliphatic carbocycles. The second kappa shape index (κ2) is 5.68. The van der Waals surface area contributed by atoms with Gasteiger partial charge in [0.2, 0.25) is 5.91 Å². The van der Waals surface area contributed by atoms with E-state index in [2.05, 4.69) is 15.6 Å². The summed E-state index contributed by atoms with van der Waals surface area (Å²) in [6, 6.07) is 1.49. The second-order valence-electron chi connectivity index (χ2n) is 5.08. The molecule has 4 N–H and O–H groups in total. The molecule has 6 heteroatoms. The maximum Gasteiger partial charge on any atom is 0.337 e. The smallest absolute Gasteiger partial charge is 0.337 e. The van der Waals surface area contributed by atoms with Crippen molar-refractivity contribution in [2.24, 2.45) is 0 Å². The Morgan fingerprint density at radius 3 is 2.61 bits per heavy atom. The minimum Gasteiger partial charge on any atom is -0.478 e. The number of hydrogen-bond acceptors (Lipinski definition) is 3. The Morgan fingerprint density at radius 1 is 1.39 bits per heavy atom. The highest BCUT2D eigenvalue weighted by Crippen LogP contribution is 2.05. The SMILES string of the molecule is CC(C)(C)NC(=O)CNCc1[nH]ccc1C(=O)O. The summed E-state index contributed by atoms with van der Waals surface area (Å²) in [5, 5.41) is 14.6. The summed E-state index contributed by atoms with van der Waals surface area (Å²) in [6.45, 7) is 6.16. The van der Waals surface area contributed by atoms with Crippen LogP contribution in [0.5, 0.6) is 0 Å². The van der Waals surface area contributed by atoms with Crippen LogP contribution in [0.2, 0.25) is 0 Å². The molecule has 1 rings (SSSR count). The molecule has 18 heavy (non-hydrogen) atoms. The van der Waals surface area contributed by atoms with Crippen molar-refractivity contribution in [1.29, 1.82) is 0 Å². The van der Waals surface area contributed by atoms with Crippen molar-refractivity contribution in [1.82, 2.24) is 15.6 Å². The molecule has 0 radical (unpaired) electrons. The molecule has 0 aliphatic rings. The molecule has 0 aliphatic heterocycles. The van der Waals surface area contributed by atoms with Crippen LogP contribution >= 0.6 is 0 Å². The fourth-order valence-corrected chi connectivity index (χ4v) is 1.51. The number of amides is 1. The van der Waals surface area contributed by atoms with Gasteiger partial charge in [0.1, 0.15) is 0 Å². The Labute approximate surface area is 106 Å². The van der Waals surface area contributed by atoms with Crippen LogP contribution in [0.3, 0.4) is 0 Å². The lowest BCUT2D eigenvalue weighted by molar-refractivity contribution is -0.121. The highest BCUT2D eigenvalue weighted by molar-refractivity contribution is 5.89. The van der Waals surface area contributed by atoms with Crippen molar-refractivity contribution < 1.29 is 14.7 Å². The van der Waals surface area contributed by atoms with Gasteiger partial charge in [-0.05, 0) is 26.8 Å². The molecule has 1 aromatic rings. The zero-order chi connectivity index (χ0) is 13.8. The molecule has 0 fully saturated rings. The Kier molecular flexibility index (Phi) is 4.49. The van der Waals surface area contributed by atoms with E-state index >= 15 is 0 Å². The fourth-order valence-electron chi connectivity index (χ4n) is 1.51. The van der Waals surface area contributed by atoms with E-state index in [4.69, 9.17) is 5.11 Å². The molecule has 0 atom stereocenters. The predicted molar refractivity (Wildman–Crippen MR) is 67.4 cm³/mol. The van der Waals surface area contributed by atoms with Crippen molar-refractivity contribution in [2.45, 2.75) is 32.9 Å². The lowest BCUT2D eigenvalue weighted by Crippen LogP contribution is -2.44. The van der Waals surface area contributed by atoms with Crippen LogP contribution in [0, 0.1) is 0 Å². The van der Waals surface area contributed by atoms with E-state index in [1.165, 1.54) is 6.07 Å². The van der Waals surface area contributed by atoms with Gasteiger partial charge < -0.3 is 20.7 Å². The molecule has 0 aromatic carbocycles. The van der Waals surface area contributed by atoms with Gasteiger partial charge in [-0.15, -0.1) is 0 Å². The van der Waals surface area contributed by atoms with Crippen molar-refractivity contribution in [3.63, 3.8) is 0 Å². The Balaban J connectivity index is 2.40. The summed E-state index contributed by atoms with van der Waals surface area (Å²) in [5.74, 6) is -1.10. The largest absolute Gasteiger partial charge is 0.478 e. The first-order valence-corrected chi connectivity index (χ1v) is 5.71. The molecule has 6 nitrogen and oxygen atoms in total. The van der Waals surface area contributed by atoms with Gasteiger partial charge in [-0.1, -0.05) is 0 Å². The molecular formula is C12H19N3O3. The summed E-state index contributed by atoms with van der Waals surface area (Å²) in [6.07, 6.45) is 1.57. The molecule has 0 saturated heterocycles. The Morgan fingerprint density at radius 2 is 2.06 bits per heavy atom. The number of hydrogen-bond donors (Lipinski definition) is 4. The van der Waals surface area contributed by atoms with E-state index < -0.39 is 5.97 Å². The third-order valence-electron chi connectivity index (χ3n) is 2.16. The maximum atomic E-state index is 11.5. The van der Waals surface area contributed by atoms with Gasteiger partial charge in [0, 0.05) is 24.0 Å². The molecule has 1 heterocycles. The third kappa shape index (κ3) is 4.58. The van der Waals surface area contributed by atoms with E-state index in [-0.39, 0.29) is 23.6 Å². The summed E-state index contributed by atoms with van der Waals surface area (Å²) >= 11 is 0. The molecular weight excluding hydrogens is 234 g/mol. The lowest BCUT2D eigenvalue weighted by Gasteiger charge is -2.20. The van der Waals surface area contributed by atoms with Crippen LogP contribution in [-0.4, -0.2) is 34.1 Å². The quantitative estimate of drug-likeness (QED) is 0.622. The fraction of sp³-hybridized carbons (Fsp3) is 0.500. The van der Waals surface area contributed by atoms with Gasteiger partial charge in [-0.3, -0.25) is 4.79 Å². The minimum atomic E-state index is -0.979. The Hall–Kier alpha value is -1.82. The molecule has 100 valence electrons. The molecule has 0 bridgehead atoms. The van der Waals surface area contributed by atoms with Crippen LogP contribution < -0.4 is 10.6 Å². The van der Waals surface area contributed by atoms with Crippen molar-refractivity contribution in [3.05, 3.63) is 23.5 Å². The summed E-state index contributed by atoms with van der Waals surface area (Å²) < 4.78 is 0. The number of nitrogens with one attached hydrogen (secondary N) is 3. The average molecular weight is 253 g/mol. The molecule has 0 spiro atoms. The van der Waals surface area contributed by atoms with Gasteiger partial charge >= 0.3 is 5.97 Å². The van der Waals surface area contributed by atoms with Crippen molar-refractivity contribution in [2.75, 3.05) is 6.54 Å². The van der Waals surface area contributed by atoms with Crippen LogP contribution in [0.1, 0.15) is 36.8 Å². The third-order valence-corrected chi connectivity index (χ3v) is 2.16. The first-order valence-electron chi connectivity index (χ1n) is 5.71. The molecule has 1 aromatic heterocycles. The average Bonchev–Trinajstić information content (AvgIpc) is 2.62. The summed E-state index contributed by atoms with van der Waals surface area (Å²) in [5.41, 5.74) is 0.516. The van der Waals surface area contributed by atoms with E-state index in [1.54, 1.807) is 6.20 Å². The molecule has 0 unspecified atom stereocenters. The zero-order valence-corrected chi connectivity index (χ0v) is 10.8. The van der Waals surface area contributed by atoms with Crippen LogP contribution in [0.4, 0.5) is 0 Å². The number of rotatable bonds is 5. The number of aromatic nitrogens is 1. The monoisotopic (exact) mass is 253 g/mol. The summed E-state index contributed by atoms with van der Waals surface area (Å²) in [4.78, 5) is 25.2. The number of aromatic amines is 1. The van der Waals surface area contributed by atoms with E-state index in [0.717, 1.165) is 0 Å². The first-order chi connectivity index (χ1) is 8.29. The van der Waals surface area contributed by atoms with Crippen LogP contribution in [0.25, 0.3) is 0 Å². The first kappa shape index (κ1) is 14.2. The van der Waals surface area contributed by atoms with Crippen molar-refractivity contribution in [3.8, 4) is 0 Å². The molecule has 1 amide bonds.